The minimum absolute atomic E-state index is 0.104. The first-order chi connectivity index (χ1) is 12.0. The van der Waals surface area contributed by atoms with Gasteiger partial charge < -0.3 is 20.0 Å². The molecule has 0 aliphatic carbocycles. The van der Waals surface area contributed by atoms with Crippen LogP contribution in [0, 0.1) is 12.7 Å². The van der Waals surface area contributed by atoms with E-state index in [1.807, 2.05) is 0 Å². The second-order valence-corrected chi connectivity index (χ2v) is 5.74. The van der Waals surface area contributed by atoms with Crippen LogP contribution in [-0.4, -0.2) is 29.0 Å². The van der Waals surface area contributed by atoms with Gasteiger partial charge in [0.1, 0.15) is 5.82 Å². The number of hydrogen-bond donors (Lipinski definition) is 3. The molecule has 0 atom stereocenters. The van der Waals surface area contributed by atoms with Crippen LogP contribution in [0.1, 0.15) is 11.3 Å². The fourth-order valence-corrected chi connectivity index (χ4v) is 2.56. The molecular weight excluding hydrogens is 325 g/mol. The number of pyridine rings is 1. The van der Waals surface area contributed by atoms with Crippen LogP contribution in [0.25, 0.3) is 10.9 Å². The molecule has 1 amide bonds. The number of halogens is 1. The Morgan fingerprint density at radius 3 is 2.88 bits per heavy atom. The Labute approximate surface area is 143 Å². The summed E-state index contributed by atoms with van der Waals surface area (Å²) in [6, 6.07) is 5.95. The second kappa shape index (κ2) is 7.21. The predicted molar refractivity (Wildman–Crippen MR) is 92.3 cm³/mol. The van der Waals surface area contributed by atoms with E-state index in [9.17, 15) is 14.0 Å². The Hall–Kier alpha value is -3.09. The molecule has 0 aliphatic rings. The van der Waals surface area contributed by atoms with Crippen LogP contribution < -0.4 is 15.5 Å². The van der Waals surface area contributed by atoms with Crippen molar-refractivity contribution in [2.45, 2.75) is 13.3 Å². The van der Waals surface area contributed by atoms with E-state index in [0.29, 0.717) is 13.0 Å². The van der Waals surface area contributed by atoms with E-state index in [0.717, 1.165) is 22.2 Å². The van der Waals surface area contributed by atoms with E-state index >= 15 is 0 Å². The number of amides is 1. The zero-order chi connectivity index (χ0) is 17.8. The topological polar surface area (TPSA) is 87.0 Å². The number of carbonyl (C=O) groups is 1. The highest BCUT2D eigenvalue weighted by molar-refractivity contribution is 5.83. The van der Waals surface area contributed by atoms with E-state index in [1.165, 1.54) is 24.4 Å². The van der Waals surface area contributed by atoms with Crippen molar-refractivity contribution in [3.8, 4) is 5.75 Å². The molecule has 2 heterocycles. The Kier molecular flexibility index (Phi) is 4.83. The highest BCUT2D eigenvalue weighted by atomic mass is 19.1. The normalized spacial score (nSPS) is 10.8. The van der Waals surface area contributed by atoms with E-state index < -0.39 is 0 Å². The van der Waals surface area contributed by atoms with Crippen LogP contribution in [0.2, 0.25) is 0 Å². The van der Waals surface area contributed by atoms with E-state index in [2.05, 4.69) is 15.3 Å². The number of rotatable bonds is 6. The number of aryl methyl sites for hydroxylation is 1. The van der Waals surface area contributed by atoms with Crippen LogP contribution in [0.15, 0.2) is 41.5 Å². The molecule has 2 aromatic heterocycles. The largest absolute Gasteiger partial charge is 0.478 e. The first-order valence-corrected chi connectivity index (χ1v) is 7.87. The fourth-order valence-electron chi connectivity index (χ4n) is 2.56. The molecule has 3 aromatic rings. The number of aromatic nitrogens is 2. The summed E-state index contributed by atoms with van der Waals surface area (Å²) < 4.78 is 18.6. The molecule has 0 radical (unpaired) electrons. The average molecular weight is 343 g/mol. The van der Waals surface area contributed by atoms with Crippen LogP contribution in [0.3, 0.4) is 0 Å². The maximum absolute atomic E-state index is 13.3. The maximum Gasteiger partial charge on any atom is 0.257 e. The highest BCUT2D eigenvalue weighted by Crippen LogP contribution is 2.19. The molecule has 0 saturated heterocycles. The number of aromatic amines is 2. The number of fused-ring (bicyclic) bond motifs is 1. The first-order valence-electron chi connectivity index (χ1n) is 7.87. The van der Waals surface area contributed by atoms with Gasteiger partial charge >= 0.3 is 0 Å². The molecule has 0 bridgehead atoms. The first kappa shape index (κ1) is 16.8. The van der Waals surface area contributed by atoms with Gasteiger partial charge in [0.15, 0.2) is 12.4 Å². The number of benzene rings is 1. The van der Waals surface area contributed by atoms with Gasteiger partial charge in [-0.05, 0) is 37.1 Å². The van der Waals surface area contributed by atoms with E-state index in [1.54, 1.807) is 19.2 Å². The van der Waals surface area contributed by atoms with Crippen molar-refractivity contribution in [2.24, 2.45) is 0 Å². The molecule has 6 nitrogen and oxygen atoms in total. The van der Waals surface area contributed by atoms with E-state index in [-0.39, 0.29) is 29.5 Å². The molecule has 0 unspecified atom stereocenters. The van der Waals surface area contributed by atoms with Crippen LogP contribution in [-0.2, 0) is 11.2 Å². The summed E-state index contributed by atoms with van der Waals surface area (Å²) in [5.41, 5.74) is 2.22. The molecular formula is C18H18FN3O3. The zero-order valence-electron chi connectivity index (χ0n) is 13.7. The van der Waals surface area contributed by atoms with Crippen LogP contribution in [0.5, 0.6) is 5.75 Å². The molecule has 1 aromatic carbocycles. The summed E-state index contributed by atoms with van der Waals surface area (Å²) in [7, 11) is 0. The molecule has 25 heavy (non-hydrogen) atoms. The summed E-state index contributed by atoms with van der Waals surface area (Å²) in [5.74, 6) is -0.520. The number of carbonyl (C=O) groups excluding carboxylic acids is 1. The van der Waals surface area contributed by atoms with Gasteiger partial charge in [-0.2, -0.15) is 0 Å². The fraction of sp³-hybridized carbons (Fsp3) is 0.222. The number of nitrogens with one attached hydrogen (secondary N) is 3. The standard InChI is InChI=1S/C18H18FN3O3/c1-11-6-16(23)17(9-21-11)25-10-18(24)20-5-4-12-8-22-15-3-2-13(19)7-14(12)15/h2-3,6-9,22H,4-5,10H2,1H3,(H,20,24)(H,21,23). The number of H-pyrrole nitrogens is 2. The Bertz CT molecular complexity index is 962. The van der Waals surface area contributed by atoms with Gasteiger partial charge in [-0.25, -0.2) is 4.39 Å². The van der Waals surface area contributed by atoms with Crippen molar-refractivity contribution in [3.05, 3.63) is 64.0 Å². The lowest BCUT2D eigenvalue weighted by Crippen LogP contribution is -2.31. The molecule has 3 rings (SSSR count). The second-order valence-electron chi connectivity index (χ2n) is 5.74. The van der Waals surface area contributed by atoms with Crippen molar-refractivity contribution in [3.63, 3.8) is 0 Å². The lowest BCUT2D eigenvalue weighted by atomic mass is 10.1. The molecule has 0 aliphatic heterocycles. The lowest BCUT2D eigenvalue weighted by molar-refractivity contribution is -0.123. The van der Waals surface area contributed by atoms with E-state index in [4.69, 9.17) is 4.74 Å². The minimum atomic E-state index is -0.328. The average Bonchev–Trinajstić information content (AvgIpc) is 2.96. The van der Waals surface area contributed by atoms with Gasteiger partial charge in [-0.15, -0.1) is 0 Å². The molecule has 7 heteroatoms. The summed E-state index contributed by atoms with van der Waals surface area (Å²) in [5, 5.41) is 3.52. The van der Waals surface area contributed by atoms with Gasteiger partial charge in [-0.1, -0.05) is 0 Å². The van der Waals surface area contributed by atoms with Crippen molar-refractivity contribution >= 4 is 16.8 Å². The molecule has 130 valence electrons. The van der Waals surface area contributed by atoms with Gasteiger partial charge in [0.05, 0.1) is 0 Å². The number of hydrogen-bond acceptors (Lipinski definition) is 3. The summed E-state index contributed by atoms with van der Waals surface area (Å²) in [6.07, 6.45) is 3.80. The molecule has 0 saturated carbocycles. The molecule has 0 spiro atoms. The van der Waals surface area contributed by atoms with Gasteiger partial charge in [-0.3, -0.25) is 9.59 Å². The summed E-state index contributed by atoms with van der Waals surface area (Å²) in [4.78, 5) is 29.4. The van der Waals surface area contributed by atoms with Crippen molar-refractivity contribution in [2.75, 3.05) is 13.2 Å². The zero-order valence-corrected chi connectivity index (χ0v) is 13.7. The smallest absolute Gasteiger partial charge is 0.257 e. The SMILES string of the molecule is Cc1cc(=O)c(OCC(=O)NCCc2c[nH]c3ccc(F)cc23)c[nH]1. The maximum atomic E-state index is 13.3. The summed E-state index contributed by atoms with van der Waals surface area (Å²) in [6.45, 7) is 1.90. The minimum Gasteiger partial charge on any atom is -0.478 e. The Morgan fingerprint density at radius 1 is 1.24 bits per heavy atom. The third kappa shape index (κ3) is 4.06. The van der Waals surface area contributed by atoms with Gasteiger partial charge in [0, 0.05) is 41.6 Å². The highest BCUT2D eigenvalue weighted by Gasteiger charge is 2.08. The Balaban J connectivity index is 1.50. The third-order valence-corrected chi connectivity index (χ3v) is 3.83. The monoisotopic (exact) mass is 343 g/mol. The third-order valence-electron chi connectivity index (χ3n) is 3.83. The molecule has 0 fully saturated rings. The summed E-state index contributed by atoms with van der Waals surface area (Å²) >= 11 is 0. The van der Waals surface area contributed by atoms with Gasteiger partial charge in [0.2, 0.25) is 5.43 Å². The predicted octanol–water partition coefficient (Wildman–Crippen LogP) is 2.04. The van der Waals surface area contributed by atoms with Crippen LogP contribution in [0.4, 0.5) is 4.39 Å². The van der Waals surface area contributed by atoms with Crippen LogP contribution >= 0.6 is 0 Å². The Morgan fingerprint density at radius 2 is 2.08 bits per heavy atom. The molecule has 3 N–H and O–H groups in total. The van der Waals surface area contributed by atoms with Crippen molar-refractivity contribution in [1.29, 1.82) is 0 Å². The lowest BCUT2D eigenvalue weighted by Gasteiger charge is -2.07. The van der Waals surface area contributed by atoms with Gasteiger partial charge in [0.25, 0.3) is 5.91 Å². The van der Waals surface area contributed by atoms with Crippen molar-refractivity contribution < 1.29 is 13.9 Å². The quantitative estimate of drug-likeness (QED) is 0.640. The number of ether oxygens (including phenoxy) is 1. The van der Waals surface area contributed by atoms with Crippen molar-refractivity contribution in [1.82, 2.24) is 15.3 Å².